The summed E-state index contributed by atoms with van der Waals surface area (Å²) in [6.45, 7) is 11.6. The molecule has 1 aromatic carbocycles. The summed E-state index contributed by atoms with van der Waals surface area (Å²) in [7, 11) is -5.29. The monoisotopic (exact) mass is 411 g/mol. The molecule has 0 aliphatic rings. The van der Waals surface area contributed by atoms with Gasteiger partial charge in [0.15, 0.2) is 8.32 Å². The Kier molecular flexibility index (Phi) is 7.36. The van der Waals surface area contributed by atoms with E-state index in [1.165, 1.54) is 10.6 Å². The summed E-state index contributed by atoms with van der Waals surface area (Å²) in [4.78, 5) is 0. The van der Waals surface area contributed by atoms with Crippen LogP contribution in [0.5, 0.6) is 0 Å². The van der Waals surface area contributed by atoms with Crippen molar-refractivity contribution in [1.82, 2.24) is 4.31 Å². The fourth-order valence-electron chi connectivity index (χ4n) is 1.84. The SMILES string of the molecule is CC(C)(C)[Si](C)(C)OCCN(Cc1cccc(Cl)c1Cl)S(C)(=O)=O. The van der Waals surface area contributed by atoms with Crippen molar-refractivity contribution < 1.29 is 12.8 Å². The summed E-state index contributed by atoms with van der Waals surface area (Å²) in [6.07, 6.45) is 1.19. The first-order valence-corrected chi connectivity index (χ1v) is 13.3. The predicted octanol–water partition coefficient (Wildman–Crippen LogP) is 4.78. The third-order valence-corrected chi connectivity index (χ3v) is 11.1. The highest BCUT2D eigenvalue weighted by molar-refractivity contribution is 7.88. The van der Waals surface area contributed by atoms with Crippen molar-refractivity contribution in [2.45, 2.75) is 45.4 Å². The van der Waals surface area contributed by atoms with Crippen LogP contribution in [0.15, 0.2) is 18.2 Å². The van der Waals surface area contributed by atoms with E-state index in [4.69, 9.17) is 27.6 Å². The number of hydrogen-bond donors (Lipinski definition) is 0. The molecule has 4 nitrogen and oxygen atoms in total. The Hall–Kier alpha value is -0.113. The van der Waals surface area contributed by atoms with Gasteiger partial charge in [-0.2, -0.15) is 4.31 Å². The van der Waals surface area contributed by atoms with E-state index in [0.717, 1.165) is 0 Å². The quantitative estimate of drug-likeness (QED) is 0.606. The zero-order valence-electron chi connectivity index (χ0n) is 15.2. The number of nitrogens with zero attached hydrogens (tertiary/aromatic N) is 1. The molecule has 1 aromatic rings. The molecular weight excluding hydrogens is 385 g/mol. The van der Waals surface area contributed by atoms with Crippen LogP contribution in [0.4, 0.5) is 0 Å². The predicted molar refractivity (Wildman–Crippen MR) is 105 cm³/mol. The lowest BCUT2D eigenvalue weighted by atomic mass is 10.2. The summed E-state index contributed by atoms with van der Waals surface area (Å²) in [5.41, 5.74) is 0.682. The molecule has 0 aromatic heterocycles. The van der Waals surface area contributed by atoms with Gasteiger partial charge in [-0.15, -0.1) is 0 Å². The third-order valence-electron chi connectivity index (χ3n) is 4.46. The Balaban J connectivity index is 2.84. The highest BCUT2D eigenvalue weighted by Gasteiger charge is 2.37. The zero-order valence-corrected chi connectivity index (χ0v) is 18.5. The summed E-state index contributed by atoms with van der Waals surface area (Å²) >= 11 is 12.2. The molecule has 0 saturated heterocycles. The Morgan fingerprint density at radius 1 is 1.21 bits per heavy atom. The van der Waals surface area contributed by atoms with E-state index in [-0.39, 0.29) is 18.1 Å². The summed E-state index contributed by atoms with van der Waals surface area (Å²) < 4.78 is 31.6. The number of hydrogen-bond acceptors (Lipinski definition) is 3. The average Bonchev–Trinajstić information content (AvgIpc) is 2.40. The minimum Gasteiger partial charge on any atom is -0.415 e. The molecule has 8 heteroatoms. The zero-order chi connectivity index (χ0) is 18.8. The van der Waals surface area contributed by atoms with Crippen LogP contribution in [-0.4, -0.2) is 40.4 Å². The van der Waals surface area contributed by atoms with E-state index in [9.17, 15) is 8.42 Å². The number of benzene rings is 1. The minimum atomic E-state index is -3.38. The van der Waals surface area contributed by atoms with Gasteiger partial charge in [0.05, 0.1) is 16.3 Å². The lowest BCUT2D eigenvalue weighted by Gasteiger charge is -2.36. The average molecular weight is 412 g/mol. The Labute approximate surface area is 157 Å². The largest absolute Gasteiger partial charge is 0.415 e. The van der Waals surface area contributed by atoms with E-state index in [1.54, 1.807) is 18.2 Å². The first-order valence-electron chi connectivity index (χ1n) is 7.77. The van der Waals surface area contributed by atoms with Crippen LogP contribution in [0, 0.1) is 0 Å². The Morgan fingerprint density at radius 3 is 2.29 bits per heavy atom. The van der Waals surface area contributed by atoms with Gasteiger partial charge in [0.25, 0.3) is 0 Å². The van der Waals surface area contributed by atoms with Crippen LogP contribution in [0.1, 0.15) is 26.3 Å². The Bertz CT molecular complexity index is 672. The van der Waals surface area contributed by atoms with Gasteiger partial charge in [-0.3, -0.25) is 0 Å². The first kappa shape index (κ1) is 21.9. The van der Waals surface area contributed by atoms with Gasteiger partial charge in [0.2, 0.25) is 10.0 Å². The van der Waals surface area contributed by atoms with Crippen molar-refractivity contribution in [1.29, 1.82) is 0 Å². The maximum absolute atomic E-state index is 12.1. The molecule has 1 rings (SSSR count). The fraction of sp³-hybridized carbons (Fsp3) is 0.625. The number of rotatable bonds is 7. The van der Waals surface area contributed by atoms with Crippen molar-refractivity contribution >= 4 is 41.5 Å². The topological polar surface area (TPSA) is 46.6 Å². The maximum atomic E-state index is 12.1. The summed E-state index contributed by atoms with van der Waals surface area (Å²) in [5, 5.41) is 0.886. The molecule has 0 radical (unpaired) electrons. The molecule has 0 bridgehead atoms. The van der Waals surface area contributed by atoms with Crippen LogP contribution >= 0.6 is 23.2 Å². The van der Waals surface area contributed by atoms with Gasteiger partial charge < -0.3 is 4.43 Å². The molecule has 0 aliphatic carbocycles. The van der Waals surface area contributed by atoms with Gasteiger partial charge in [0.1, 0.15) is 0 Å². The van der Waals surface area contributed by atoms with Gasteiger partial charge >= 0.3 is 0 Å². The van der Waals surface area contributed by atoms with Crippen LogP contribution < -0.4 is 0 Å². The maximum Gasteiger partial charge on any atom is 0.211 e. The number of halogens is 2. The summed E-state index contributed by atoms with van der Waals surface area (Å²) in [6, 6.07) is 5.22. The minimum absolute atomic E-state index is 0.0825. The highest BCUT2D eigenvalue weighted by atomic mass is 35.5. The van der Waals surface area contributed by atoms with E-state index in [1.807, 2.05) is 0 Å². The van der Waals surface area contributed by atoms with E-state index in [2.05, 4.69) is 33.9 Å². The standard InChI is InChI=1S/C16H27Cl2NO3SSi/c1-16(2,3)24(5,6)22-11-10-19(23(4,20)21)12-13-8-7-9-14(17)15(13)18/h7-9H,10-12H2,1-6H3. The third kappa shape index (κ3) is 6.00. The molecule has 0 atom stereocenters. The van der Waals surface area contributed by atoms with Crippen LogP contribution in [0.3, 0.4) is 0 Å². The van der Waals surface area contributed by atoms with Gasteiger partial charge in [-0.1, -0.05) is 56.1 Å². The van der Waals surface area contributed by atoms with E-state index >= 15 is 0 Å². The van der Waals surface area contributed by atoms with Crippen molar-refractivity contribution in [3.63, 3.8) is 0 Å². The molecule has 0 heterocycles. The summed E-state index contributed by atoms with van der Waals surface area (Å²) in [5.74, 6) is 0. The van der Waals surface area contributed by atoms with E-state index < -0.39 is 18.3 Å². The molecule has 138 valence electrons. The molecule has 0 spiro atoms. The van der Waals surface area contributed by atoms with Crippen molar-refractivity contribution in [2.24, 2.45) is 0 Å². The second-order valence-corrected chi connectivity index (χ2v) is 15.0. The fourth-order valence-corrected chi connectivity index (χ4v) is 4.04. The Morgan fingerprint density at radius 2 is 1.79 bits per heavy atom. The molecule has 0 fully saturated rings. The lowest BCUT2D eigenvalue weighted by Crippen LogP contribution is -2.43. The van der Waals surface area contributed by atoms with Gasteiger partial charge in [0, 0.05) is 19.7 Å². The molecule has 24 heavy (non-hydrogen) atoms. The highest BCUT2D eigenvalue weighted by Crippen LogP contribution is 2.36. The molecule has 0 amide bonds. The normalized spacial score (nSPS) is 13.5. The van der Waals surface area contributed by atoms with Crippen LogP contribution in [0.2, 0.25) is 28.2 Å². The second kappa shape index (κ2) is 8.06. The van der Waals surface area contributed by atoms with Gasteiger partial charge in [-0.25, -0.2) is 8.42 Å². The smallest absolute Gasteiger partial charge is 0.211 e. The lowest BCUT2D eigenvalue weighted by molar-refractivity contribution is 0.250. The van der Waals surface area contributed by atoms with Crippen LogP contribution in [-0.2, 0) is 21.0 Å². The van der Waals surface area contributed by atoms with Crippen molar-refractivity contribution in [2.75, 3.05) is 19.4 Å². The van der Waals surface area contributed by atoms with Gasteiger partial charge in [-0.05, 0) is 29.8 Å². The van der Waals surface area contributed by atoms with Crippen molar-refractivity contribution in [3.05, 3.63) is 33.8 Å². The second-order valence-electron chi connectivity index (χ2n) is 7.42. The van der Waals surface area contributed by atoms with Crippen molar-refractivity contribution in [3.8, 4) is 0 Å². The first-order chi connectivity index (χ1) is 10.8. The molecular formula is C16H27Cl2NO3SSi. The van der Waals surface area contributed by atoms with Crippen LogP contribution in [0.25, 0.3) is 0 Å². The molecule has 0 N–H and O–H groups in total. The molecule has 0 unspecified atom stereocenters. The number of sulfonamides is 1. The van der Waals surface area contributed by atoms with E-state index in [0.29, 0.717) is 22.2 Å². The molecule has 0 aliphatic heterocycles. The molecule has 0 saturated carbocycles.